The van der Waals surface area contributed by atoms with Gasteiger partial charge in [0.05, 0.1) is 0 Å². The highest BCUT2D eigenvalue weighted by molar-refractivity contribution is 6.30. The van der Waals surface area contributed by atoms with Crippen LogP contribution in [0.15, 0.2) is 28.3 Å². The molecule has 138 valence electrons. The third-order valence-corrected chi connectivity index (χ3v) is 4.92. The zero-order valence-corrected chi connectivity index (χ0v) is 15.7. The number of amides is 2. The first-order chi connectivity index (χ1) is 12.3. The van der Waals surface area contributed by atoms with Crippen molar-refractivity contribution in [2.75, 3.05) is 18.4 Å². The van der Waals surface area contributed by atoms with Crippen LogP contribution in [0.3, 0.4) is 0 Å². The van der Waals surface area contributed by atoms with Crippen LogP contribution >= 0.6 is 11.6 Å². The number of hydrogen-bond acceptors (Lipinski definition) is 3. The van der Waals surface area contributed by atoms with Crippen LogP contribution in [0.1, 0.15) is 30.2 Å². The van der Waals surface area contributed by atoms with Crippen molar-refractivity contribution < 1.29 is 13.7 Å². The summed E-state index contributed by atoms with van der Waals surface area (Å²) in [6, 6.07) is 4.29. The van der Waals surface area contributed by atoms with E-state index in [2.05, 4.69) is 17.4 Å². The second kappa shape index (κ2) is 7.50. The number of nitrogens with zero attached hydrogens (tertiary/aromatic N) is 2. The van der Waals surface area contributed by atoms with Crippen LogP contribution in [-0.4, -0.2) is 29.2 Å². The van der Waals surface area contributed by atoms with Crippen molar-refractivity contribution in [3.8, 4) is 0 Å². The number of aryl methyl sites for hydroxylation is 1. The number of nitrogens with one attached hydrogen (secondary N) is 1. The van der Waals surface area contributed by atoms with Crippen molar-refractivity contribution in [3.63, 3.8) is 0 Å². The van der Waals surface area contributed by atoms with Crippen molar-refractivity contribution in [1.82, 2.24) is 10.1 Å². The summed E-state index contributed by atoms with van der Waals surface area (Å²) in [6.07, 6.45) is 2.68. The van der Waals surface area contributed by atoms with Gasteiger partial charge in [0.2, 0.25) is 0 Å². The maximum atomic E-state index is 13.5. The molecule has 1 saturated heterocycles. The maximum absolute atomic E-state index is 13.5. The average molecular weight is 378 g/mol. The van der Waals surface area contributed by atoms with Gasteiger partial charge in [-0.1, -0.05) is 35.3 Å². The molecule has 0 radical (unpaired) electrons. The Hall–Kier alpha value is -2.34. The van der Waals surface area contributed by atoms with Gasteiger partial charge in [0.1, 0.15) is 11.6 Å². The minimum atomic E-state index is -0.355. The number of rotatable bonds is 2. The number of carbonyl (C=O) groups excluding carboxylic acids is 1. The topological polar surface area (TPSA) is 58.4 Å². The summed E-state index contributed by atoms with van der Waals surface area (Å²) in [4.78, 5) is 14.2. The first-order valence-corrected chi connectivity index (χ1v) is 8.86. The van der Waals surface area contributed by atoms with Crippen molar-refractivity contribution in [1.29, 1.82) is 0 Å². The molecule has 2 amide bonds. The van der Waals surface area contributed by atoms with Gasteiger partial charge in [0, 0.05) is 23.7 Å². The van der Waals surface area contributed by atoms with E-state index in [4.69, 9.17) is 16.1 Å². The molecule has 1 aromatic carbocycles. The highest BCUT2D eigenvalue weighted by Gasteiger charge is 2.25. The molecular weight excluding hydrogens is 357 g/mol. The third kappa shape index (κ3) is 4.07. The third-order valence-electron chi connectivity index (χ3n) is 4.70. The van der Waals surface area contributed by atoms with E-state index in [9.17, 15) is 9.18 Å². The zero-order valence-electron chi connectivity index (χ0n) is 15.0. The van der Waals surface area contributed by atoms with Crippen LogP contribution in [0, 0.1) is 25.6 Å². The van der Waals surface area contributed by atoms with Crippen molar-refractivity contribution >= 4 is 29.5 Å². The fourth-order valence-electron chi connectivity index (χ4n) is 3.04. The van der Waals surface area contributed by atoms with E-state index in [1.54, 1.807) is 17.9 Å². The minimum absolute atomic E-state index is 0.164. The van der Waals surface area contributed by atoms with Gasteiger partial charge in [-0.25, -0.2) is 9.18 Å². The highest BCUT2D eigenvalue weighted by Crippen LogP contribution is 2.27. The minimum Gasteiger partial charge on any atom is -0.359 e. The number of aromatic nitrogens is 1. The van der Waals surface area contributed by atoms with Crippen LogP contribution < -0.4 is 5.32 Å². The SMILES string of the molecule is Cc1onc(NC(=O)N2CC/C(=C\c3cc(F)cc(Cl)c3)C(C)C2)c1C. The van der Waals surface area contributed by atoms with E-state index in [1.807, 2.05) is 13.0 Å². The number of carbonyl (C=O) groups is 1. The van der Waals surface area contributed by atoms with Crippen molar-refractivity contribution in [3.05, 3.63) is 51.5 Å². The fraction of sp³-hybridized carbons (Fsp3) is 0.368. The number of hydrogen-bond donors (Lipinski definition) is 1. The maximum Gasteiger partial charge on any atom is 0.323 e. The first kappa shape index (κ1) is 18.5. The second-order valence-corrected chi connectivity index (χ2v) is 7.10. The monoisotopic (exact) mass is 377 g/mol. The smallest absolute Gasteiger partial charge is 0.323 e. The molecular formula is C19H21ClFN3O2. The Labute approximate surface area is 156 Å². The summed E-state index contributed by atoms with van der Waals surface area (Å²) < 4.78 is 18.6. The van der Waals surface area contributed by atoms with Crippen LogP contribution in [0.4, 0.5) is 15.0 Å². The van der Waals surface area contributed by atoms with E-state index in [0.29, 0.717) is 29.7 Å². The van der Waals surface area contributed by atoms with E-state index in [0.717, 1.165) is 17.5 Å². The summed E-state index contributed by atoms with van der Waals surface area (Å²) in [5, 5.41) is 7.03. The number of likely N-dealkylation sites (tertiary alicyclic amines) is 1. The van der Waals surface area contributed by atoms with Gasteiger partial charge >= 0.3 is 6.03 Å². The van der Waals surface area contributed by atoms with Gasteiger partial charge in [-0.05, 0) is 49.9 Å². The fourth-order valence-corrected chi connectivity index (χ4v) is 3.27. The molecule has 0 aliphatic carbocycles. The zero-order chi connectivity index (χ0) is 18.8. The lowest BCUT2D eigenvalue weighted by molar-refractivity contribution is 0.197. The predicted molar refractivity (Wildman–Crippen MR) is 99.7 cm³/mol. The molecule has 0 bridgehead atoms. The molecule has 1 fully saturated rings. The Morgan fingerprint density at radius 1 is 1.42 bits per heavy atom. The van der Waals surface area contributed by atoms with Crippen molar-refractivity contribution in [2.45, 2.75) is 27.2 Å². The largest absolute Gasteiger partial charge is 0.359 e. The molecule has 1 aliphatic heterocycles. The molecule has 1 aliphatic rings. The van der Waals surface area contributed by atoms with E-state index in [1.165, 1.54) is 17.7 Å². The average Bonchev–Trinajstić information content (AvgIpc) is 2.88. The molecule has 1 N–H and O–H groups in total. The molecule has 1 unspecified atom stereocenters. The Bertz CT molecular complexity index is 842. The second-order valence-electron chi connectivity index (χ2n) is 6.66. The van der Waals surface area contributed by atoms with Gasteiger partial charge < -0.3 is 9.42 Å². The molecule has 3 rings (SSSR count). The molecule has 26 heavy (non-hydrogen) atoms. The lowest BCUT2D eigenvalue weighted by Crippen LogP contribution is -2.42. The molecule has 5 nitrogen and oxygen atoms in total. The van der Waals surface area contributed by atoms with Gasteiger partial charge in [-0.3, -0.25) is 5.32 Å². The first-order valence-electron chi connectivity index (χ1n) is 8.49. The van der Waals surface area contributed by atoms with Crippen LogP contribution in [-0.2, 0) is 0 Å². The van der Waals surface area contributed by atoms with Crippen LogP contribution in [0.25, 0.3) is 6.08 Å². The van der Waals surface area contributed by atoms with Crippen LogP contribution in [0.2, 0.25) is 5.02 Å². The van der Waals surface area contributed by atoms with Gasteiger partial charge in [0.25, 0.3) is 0 Å². The number of halogens is 2. The summed E-state index contributed by atoms with van der Waals surface area (Å²) >= 11 is 5.92. The predicted octanol–water partition coefficient (Wildman–Crippen LogP) is 5.04. The molecule has 1 aromatic heterocycles. The molecule has 0 spiro atoms. The molecule has 1 atom stereocenters. The number of piperidine rings is 1. The normalized spacial score (nSPS) is 19.0. The summed E-state index contributed by atoms with van der Waals surface area (Å²) in [6.45, 7) is 6.87. The standard InChI is InChI=1S/C19H21ClFN3O2/c1-11-10-24(19(25)22-18-12(2)13(3)26-23-18)5-4-15(11)6-14-7-16(20)9-17(21)8-14/h6-9,11H,4-5,10H2,1-3H3,(H,22,23,25)/b15-6+. The quantitative estimate of drug-likeness (QED) is 0.797. The van der Waals surface area contributed by atoms with E-state index < -0.39 is 0 Å². The van der Waals surface area contributed by atoms with Gasteiger partial charge in [-0.2, -0.15) is 0 Å². The van der Waals surface area contributed by atoms with Gasteiger partial charge in [0.15, 0.2) is 5.82 Å². The lowest BCUT2D eigenvalue weighted by Gasteiger charge is -2.33. The molecule has 0 saturated carbocycles. The Morgan fingerprint density at radius 3 is 2.81 bits per heavy atom. The summed E-state index contributed by atoms with van der Waals surface area (Å²) in [7, 11) is 0. The Balaban J connectivity index is 1.67. The van der Waals surface area contributed by atoms with Gasteiger partial charge in [-0.15, -0.1) is 0 Å². The van der Waals surface area contributed by atoms with Crippen LogP contribution in [0.5, 0.6) is 0 Å². The number of urea groups is 1. The summed E-state index contributed by atoms with van der Waals surface area (Å²) in [5.74, 6) is 0.950. The van der Waals surface area contributed by atoms with E-state index in [-0.39, 0.29) is 17.8 Å². The Kier molecular flexibility index (Phi) is 5.32. The molecule has 7 heteroatoms. The number of anilines is 1. The summed E-state index contributed by atoms with van der Waals surface area (Å²) in [5.41, 5.74) is 2.74. The Morgan fingerprint density at radius 2 is 2.19 bits per heavy atom. The molecule has 2 heterocycles. The van der Waals surface area contributed by atoms with E-state index >= 15 is 0 Å². The lowest BCUT2D eigenvalue weighted by atomic mass is 9.91. The van der Waals surface area contributed by atoms with Crippen molar-refractivity contribution in [2.24, 2.45) is 5.92 Å². The number of benzene rings is 1. The molecule has 2 aromatic rings. The highest BCUT2D eigenvalue weighted by atomic mass is 35.5.